The molecule has 0 N–H and O–H groups in total. The molecule has 0 fully saturated rings. The number of carbonyl (C=O) groups is 2. The molecule has 3 rings (SSSR count). The van der Waals surface area contributed by atoms with Crippen LogP contribution in [0.5, 0.6) is 0 Å². The molecule has 0 aliphatic rings. The number of para-hydroxylation sites is 1. The van der Waals surface area contributed by atoms with Gasteiger partial charge in [-0.1, -0.05) is 24.3 Å². The summed E-state index contributed by atoms with van der Waals surface area (Å²) in [5.74, 6) is -1.32. The van der Waals surface area contributed by atoms with Gasteiger partial charge in [0.05, 0.1) is 0 Å². The van der Waals surface area contributed by atoms with E-state index in [4.69, 9.17) is 4.74 Å². The van der Waals surface area contributed by atoms with E-state index in [0.29, 0.717) is 16.6 Å². The van der Waals surface area contributed by atoms with E-state index in [1.807, 2.05) is 37.3 Å². The number of likely N-dealkylation sites (N-methyl/N-ethyl adjacent to an activating group) is 1. The van der Waals surface area contributed by atoms with Gasteiger partial charge >= 0.3 is 5.97 Å². The second-order valence-electron chi connectivity index (χ2n) is 5.31. The molecule has 0 saturated carbocycles. The zero-order valence-corrected chi connectivity index (χ0v) is 14.4. The Hall–Kier alpha value is -2.73. The van der Waals surface area contributed by atoms with E-state index in [9.17, 15) is 14.0 Å². The van der Waals surface area contributed by atoms with E-state index in [-0.39, 0.29) is 23.2 Å². The zero-order chi connectivity index (χ0) is 17.8. The van der Waals surface area contributed by atoms with Crippen LogP contribution in [0, 0.1) is 5.82 Å². The number of benzene rings is 2. The fourth-order valence-corrected chi connectivity index (χ4v) is 3.48. The Morgan fingerprint density at radius 3 is 2.56 bits per heavy atom. The van der Waals surface area contributed by atoms with Gasteiger partial charge in [0.25, 0.3) is 5.91 Å². The standard InChI is InChI=1S/C19H16FNO3S/c1-2-21(13-7-4-3-5-8-13)18(22)12-24-19(23)17-11-14-15(20)9-6-10-16(14)25-17/h3-11H,2,12H2,1H3. The van der Waals surface area contributed by atoms with Gasteiger partial charge in [-0.3, -0.25) is 4.79 Å². The highest BCUT2D eigenvalue weighted by Crippen LogP contribution is 2.28. The number of hydrogen-bond acceptors (Lipinski definition) is 4. The van der Waals surface area contributed by atoms with Gasteiger partial charge in [0.2, 0.25) is 0 Å². The molecule has 3 aromatic rings. The number of anilines is 1. The predicted molar refractivity (Wildman–Crippen MR) is 96.5 cm³/mol. The number of nitrogens with zero attached hydrogens (tertiary/aromatic N) is 1. The van der Waals surface area contributed by atoms with Crippen molar-refractivity contribution in [2.75, 3.05) is 18.1 Å². The van der Waals surface area contributed by atoms with Crippen molar-refractivity contribution < 1.29 is 18.7 Å². The lowest BCUT2D eigenvalue weighted by atomic mass is 10.2. The number of fused-ring (bicyclic) bond motifs is 1. The predicted octanol–water partition coefficient (Wildman–Crippen LogP) is 4.25. The van der Waals surface area contributed by atoms with Gasteiger partial charge in [-0.05, 0) is 37.3 Å². The SMILES string of the molecule is CCN(C(=O)COC(=O)c1cc2c(F)cccc2s1)c1ccccc1. The Labute approximate surface area is 148 Å². The molecule has 25 heavy (non-hydrogen) atoms. The topological polar surface area (TPSA) is 46.6 Å². The summed E-state index contributed by atoms with van der Waals surface area (Å²) in [4.78, 5) is 26.3. The third-order valence-electron chi connectivity index (χ3n) is 3.72. The molecule has 0 aliphatic carbocycles. The molecule has 1 heterocycles. The van der Waals surface area contributed by atoms with Crippen LogP contribution in [0.15, 0.2) is 54.6 Å². The van der Waals surface area contributed by atoms with Crippen LogP contribution >= 0.6 is 11.3 Å². The van der Waals surface area contributed by atoms with Gasteiger partial charge in [-0.2, -0.15) is 0 Å². The highest BCUT2D eigenvalue weighted by Gasteiger charge is 2.18. The fourth-order valence-electron chi connectivity index (χ4n) is 2.51. The third kappa shape index (κ3) is 3.69. The van der Waals surface area contributed by atoms with Gasteiger partial charge in [-0.15, -0.1) is 11.3 Å². The summed E-state index contributed by atoms with van der Waals surface area (Å²) < 4.78 is 19.5. The molecule has 128 valence electrons. The van der Waals surface area contributed by atoms with E-state index in [2.05, 4.69) is 0 Å². The van der Waals surface area contributed by atoms with Gasteiger partial charge in [0.15, 0.2) is 6.61 Å². The number of esters is 1. The molecule has 0 saturated heterocycles. The molecule has 4 nitrogen and oxygen atoms in total. The van der Waals surface area contributed by atoms with Crippen LogP contribution in [0.1, 0.15) is 16.6 Å². The summed E-state index contributed by atoms with van der Waals surface area (Å²) in [7, 11) is 0. The van der Waals surface area contributed by atoms with Crippen molar-refractivity contribution in [3.05, 3.63) is 65.3 Å². The number of amides is 1. The lowest BCUT2D eigenvalue weighted by molar-refractivity contribution is -0.121. The normalized spacial score (nSPS) is 10.6. The van der Waals surface area contributed by atoms with E-state index >= 15 is 0 Å². The Morgan fingerprint density at radius 2 is 1.88 bits per heavy atom. The van der Waals surface area contributed by atoms with E-state index in [1.54, 1.807) is 12.1 Å². The maximum Gasteiger partial charge on any atom is 0.348 e. The highest BCUT2D eigenvalue weighted by atomic mass is 32.1. The number of thiophene rings is 1. The Morgan fingerprint density at radius 1 is 1.12 bits per heavy atom. The van der Waals surface area contributed by atoms with Crippen molar-refractivity contribution in [2.24, 2.45) is 0 Å². The first kappa shape index (κ1) is 17.1. The second-order valence-corrected chi connectivity index (χ2v) is 6.40. The lowest BCUT2D eigenvalue weighted by Gasteiger charge is -2.20. The maximum absolute atomic E-state index is 13.7. The minimum Gasteiger partial charge on any atom is -0.451 e. The highest BCUT2D eigenvalue weighted by molar-refractivity contribution is 7.20. The van der Waals surface area contributed by atoms with Crippen molar-refractivity contribution in [3.8, 4) is 0 Å². The van der Waals surface area contributed by atoms with E-state index in [0.717, 1.165) is 17.0 Å². The monoisotopic (exact) mass is 357 g/mol. The molecule has 6 heteroatoms. The quantitative estimate of drug-likeness (QED) is 0.641. The minimum atomic E-state index is -0.627. The van der Waals surface area contributed by atoms with Gasteiger partial charge in [-0.25, -0.2) is 9.18 Å². The molecule has 0 aliphatic heterocycles. The van der Waals surface area contributed by atoms with Crippen LogP contribution < -0.4 is 4.90 Å². The molecule has 1 aromatic heterocycles. The summed E-state index contributed by atoms with van der Waals surface area (Å²) >= 11 is 1.14. The summed E-state index contributed by atoms with van der Waals surface area (Å²) in [5, 5.41) is 0.380. The van der Waals surface area contributed by atoms with E-state index < -0.39 is 5.97 Å². The van der Waals surface area contributed by atoms with Crippen LogP contribution in [0.4, 0.5) is 10.1 Å². The molecule has 0 radical (unpaired) electrons. The molecular formula is C19H16FNO3S. The summed E-state index contributed by atoms with van der Waals surface area (Å²) in [6.07, 6.45) is 0. The van der Waals surface area contributed by atoms with Crippen LogP contribution in [-0.4, -0.2) is 25.0 Å². The van der Waals surface area contributed by atoms with Crippen LogP contribution in [0.3, 0.4) is 0 Å². The average Bonchev–Trinajstić information content (AvgIpc) is 3.07. The van der Waals surface area contributed by atoms with Gasteiger partial charge in [0, 0.05) is 22.3 Å². The van der Waals surface area contributed by atoms with Crippen molar-refractivity contribution in [1.29, 1.82) is 0 Å². The van der Waals surface area contributed by atoms with Crippen LogP contribution in [0.2, 0.25) is 0 Å². The number of hydrogen-bond donors (Lipinski definition) is 0. The molecule has 0 bridgehead atoms. The van der Waals surface area contributed by atoms with Crippen molar-refractivity contribution in [2.45, 2.75) is 6.92 Å². The first-order chi connectivity index (χ1) is 12.1. The summed E-state index contributed by atoms with van der Waals surface area (Å²) in [5.41, 5.74) is 0.745. The molecule has 0 atom stereocenters. The van der Waals surface area contributed by atoms with Crippen molar-refractivity contribution in [3.63, 3.8) is 0 Å². The lowest BCUT2D eigenvalue weighted by Crippen LogP contribution is -2.34. The Kier molecular flexibility index (Phi) is 5.09. The summed E-state index contributed by atoms with van der Waals surface area (Å²) in [6, 6.07) is 15.3. The van der Waals surface area contributed by atoms with Crippen LogP contribution in [-0.2, 0) is 9.53 Å². The largest absolute Gasteiger partial charge is 0.451 e. The van der Waals surface area contributed by atoms with Crippen LogP contribution in [0.25, 0.3) is 10.1 Å². The molecular weight excluding hydrogens is 341 g/mol. The third-order valence-corrected chi connectivity index (χ3v) is 4.80. The molecule has 0 spiro atoms. The van der Waals surface area contributed by atoms with Gasteiger partial charge in [0.1, 0.15) is 10.7 Å². The molecule has 2 aromatic carbocycles. The Balaban J connectivity index is 1.68. The molecule has 1 amide bonds. The van der Waals surface area contributed by atoms with Crippen molar-refractivity contribution >= 4 is 39.0 Å². The number of carbonyl (C=O) groups excluding carboxylic acids is 2. The minimum absolute atomic E-state index is 0.274. The first-order valence-corrected chi connectivity index (χ1v) is 8.62. The van der Waals surface area contributed by atoms with Crippen molar-refractivity contribution in [1.82, 2.24) is 0 Å². The molecule has 0 unspecified atom stereocenters. The fraction of sp³-hybridized carbons (Fsp3) is 0.158. The Bertz CT molecular complexity index is 907. The maximum atomic E-state index is 13.7. The summed E-state index contributed by atoms with van der Waals surface area (Å²) in [6.45, 7) is 1.95. The number of ether oxygens (including phenoxy) is 1. The second kappa shape index (κ2) is 7.44. The number of halogens is 1. The first-order valence-electron chi connectivity index (χ1n) is 7.80. The van der Waals surface area contributed by atoms with E-state index in [1.165, 1.54) is 17.0 Å². The smallest absolute Gasteiger partial charge is 0.348 e. The zero-order valence-electron chi connectivity index (χ0n) is 13.6. The number of rotatable bonds is 5. The van der Waals surface area contributed by atoms with Gasteiger partial charge < -0.3 is 9.64 Å². The average molecular weight is 357 g/mol.